The molecule has 1 N–H and O–H groups in total. The Morgan fingerprint density at radius 1 is 1.17 bits per heavy atom. The van der Waals surface area contributed by atoms with Gasteiger partial charge in [-0.25, -0.2) is 0 Å². The molecule has 1 heterocycles. The molecular weight excluding hydrogens is 224 g/mol. The van der Waals surface area contributed by atoms with E-state index in [1.54, 1.807) is 4.68 Å². The third kappa shape index (κ3) is 4.81. The van der Waals surface area contributed by atoms with Crippen LogP contribution in [-0.2, 0) is 13.5 Å². The fraction of sp³-hybridized carbons (Fsp3) is 0.800. The Morgan fingerprint density at radius 3 is 2.50 bits per heavy atom. The monoisotopic (exact) mass is 252 g/mol. The van der Waals surface area contributed by atoms with E-state index >= 15 is 0 Å². The summed E-state index contributed by atoms with van der Waals surface area (Å²) in [5.74, 6) is 0. The molecule has 0 spiro atoms. The average Bonchev–Trinajstić information content (AvgIpc) is 2.74. The van der Waals surface area contributed by atoms with Crippen molar-refractivity contribution in [1.82, 2.24) is 9.78 Å². The third-order valence-corrected chi connectivity index (χ3v) is 3.46. The number of hydrogen-bond donors (Lipinski definition) is 1. The second-order valence-corrected chi connectivity index (χ2v) is 5.13. The van der Waals surface area contributed by atoms with Crippen molar-refractivity contribution >= 4 is 0 Å². The molecule has 0 fully saturated rings. The summed E-state index contributed by atoms with van der Waals surface area (Å²) in [7, 11) is 1.92. The first-order valence-corrected chi connectivity index (χ1v) is 7.39. The molecule has 1 aromatic rings. The van der Waals surface area contributed by atoms with Crippen LogP contribution in [-0.4, -0.2) is 14.9 Å². The Morgan fingerprint density at radius 2 is 1.83 bits per heavy atom. The van der Waals surface area contributed by atoms with Crippen LogP contribution in [0.1, 0.15) is 76.2 Å². The van der Waals surface area contributed by atoms with E-state index in [2.05, 4.69) is 18.9 Å². The van der Waals surface area contributed by atoms with Gasteiger partial charge in [-0.2, -0.15) is 5.10 Å². The molecule has 1 atom stereocenters. The van der Waals surface area contributed by atoms with Gasteiger partial charge in [0.05, 0.1) is 11.8 Å². The molecule has 18 heavy (non-hydrogen) atoms. The van der Waals surface area contributed by atoms with E-state index in [0.29, 0.717) is 0 Å². The summed E-state index contributed by atoms with van der Waals surface area (Å²) < 4.78 is 1.80. The number of aliphatic hydroxyl groups is 1. The molecule has 0 bridgehead atoms. The number of unbranched alkanes of at least 4 members (excludes halogenated alkanes) is 5. The highest BCUT2D eigenvalue weighted by molar-refractivity contribution is 5.19. The van der Waals surface area contributed by atoms with Crippen LogP contribution < -0.4 is 0 Å². The van der Waals surface area contributed by atoms with E-state index in [-0.39, 0.29) is 6.10 Å². The van der Waals surface area contributed by atoms with Crippen LogP contribution in [0, 0.1) is 0 Å². The minimum atomic E-state index is -0.333. The van der Waals surface area contributed by atoms with Gasteiger partial charge in [0.15, 0.2) is 0 Å². The topological polar surface area (TPSA) is 38.0 Å². The van der Waals surface area contributed by atoms with Crippen LogP contribution in [0.15, 0.2) is 6.20 Å². The molecule has 104 valence electrons. The van der Waals surface area contributed by atoms with Crippen molar-refractivity contribution in [2.75, 3.05) is 0 Å². The Hall–Kier alpha value is -0.830. The molecule has 0 aliphatic rings. The van der Waals surface area contributed by atoms with Crippen molar-refractivity contribution in [2.45, 2.75) is 71.3 Å². The quantitative estimate of drug-likeness (QED) is 0.679. The maximum absolute atomic E-state index is 10.2. The maximum Gasteiger partial charge on any atom is 0.0823 e. The van der Waals surface area contributed by atoms with Crippen LogP contribution >= 0.6 is 0 Å². The predicted molar refractivity (Wildman–Crippen MR) is 75.5 cm³/mol. The first-order chi connectivity index (χ1) is 8.69. The van der Waals surface area contributed by atoms with Crippen LogP contribution in [0.2, 0.25) is 0 Å². The summed E-state index contributed by atoms with van der Waals surface area (Å²) >= 11 is 0. The van der Waals surface area contributed by atoms with Crippen LogP contribution in [0.3, 0.4) is 0 Å². The smallest absolute Gasteiger partial charge is 0.0823 e. The highest BCUT2D eigenvalue weighted by Gasteiger charge is 2.14. The molecule has 0 aromatic carbocycles. The molecule has 0 amide bonds. The van der Waals surface area contributed by atoms with Gasteiger partial charge >= 0.3 is 0 Å². The summed E-state index contributed by atoms with van der Waals surface area (Å²) in [6.07, 6.45) is 11.0. The second kappa shape index (κ2) is 8.30. The van der Waals surface area contributed by atoms with Crippen molar-refractivity contribution in [1.29, 1.82) is 0 Å². The van der Waals surface area contributed by atoms with Crippen molar-refractivity contribution < 1.29 is 5.11 Å². The molecule has 0 saturated heterocycles. The van der Waals surface area contributed by atoms with Gasteiger partial charge in [-0.15, -0.1) is 0 Å². The average molecular weight is 252 g/mol. The van der Waals surface area contributed by atoms with E-state index in [9.17, 15) is 5.11 Å². The summed E-state index contributed by atoms with van der Waals surface area (Å²) in [6, 6.07) is 0. The fourth-order valence-electron chi connectivity index (χ4n) is 2.38. The SMILES string of the molecule is CCCCCCCCC(O)c1cn(C)nc1CC. The normalized spacial score (nSPS) is 12.9. The molecule has 0 radical (unpaired) electrons. The number of aromatic nitrogens is 2. The lowest BCUT2D eigenvalue weighted by molar-refractivity contribution is 0.162. The standard InChI is InChI=1S/C15H28N2O/c1-4-6-7-8-9-10-11-15(18)13-12-17(3)16-14(13)5-2/h12,15,18H,4-11H2,1-3H3. The number of nitrogens with zero attached hydrogens (tertiary/aromatic N) is 2. The first-order valence-electron chi connectivity index (χ1n) is 7.39. The summed E-state index contributed by atoms with van der Waals surface area (Å²) in [5, 5.41) is 14.6. The zero-order valence-corrected chi connectivity index (χ0v) is 12.2. The van der Waals surface area contributed by atoms with Gasteiger partial charge < -0.3 is 5.11 Å². The lowest BCUT2D eigenvalue weighted by Gasteiger charge is -2.09. The van der Waals surface area contributed by atoms with E-state index in [1.165, 1.54) is 32.1 Å². The molecule has 1 aromatic heterocycles. The Balaban J connectivity index is 2.29. The number of rotatable bonds is 9. The van der Waals surface area contributed by atoms with Gasteiger partial charge in [-0.05, 0) is 12.8 Å². The fourth-order valence-corrected chi connectivity index (χ4v) is 2.38. The highest BCUT2D eigenvalue weighted by atomic mass is 16.3. The third-order valence-electron chi connectivity index (χ3n) is 3.46. The van der Waals surface area contributed by atoms with E-state index in [4.69, 9.17) is 0 Å². The van der Waals surface area contributed by atoms with Crippen LogP contribution in [0.4, 0.5) is 0 Å². The number of hydrogen-bond acceptors (Lipinski definition) is 2. The molecule has 0 saturated carbocycles. The predicted octanol–water partition coefficient (Wildman–Crippen LogP) is 3.77. The summed E-state index contributed by atoms with van der Waals surface area (Å²) in [6.45, 7) is 4.32. The highest BCUT2D eigenvalue weighted by Crippen LogP contribution is 2.23. The molecule has 3 nitrogen and oxygen atoms in total. The Kier molecular flexibility index (Phi) is 7.02. The minimum absolute atomic E-state index is 0.333. The Bertz CT molecular complexity index is 333. The lowest BCUT2D eigenvalue weighted by Crippen LogP contribution is -1.99. The van der Waals surface area contributed by atoms with Crippen molar-refractivity contribution in [2.24, 2.45) is 7.05 Å². The van der Waals surface area contributed by atoms with Gasteiger partial charge in [0.1, 0.15) is 0 Å². The van der Waals surface area contributed by atoms with Gasteiger partial charge in [0, 0.05) is 18.8 Å². The van der Waals surface area contributed by atoms with Gasteiger partial charge in [-0.3, -0.25) is 4.68 Å². The summed E-state index contributed by atoms with van der Waals surface area (Å²) in [4.78, 5) is 0. The van der Waals surface area contributed by atoms with E-state index in [0.717, 1.165) is 30.5 Å². The van der Waals surface area contributed by atoms with Crippen LogP contribution in [0.5, 0.6) is 0 Å². The minimum Gasteiger partial charge on any atom is -0.388 e. The lowest BCUT2D eigenvalue weighted by atomic mass is 10.0. The molecule has 0 aliphatic heterocycles. The van der Waals surface area contributed by atoms with Crippen molar-refractivity contribution in [3.8, 4) is 0 Å². The van der Waals surface area contributed by atoms with Gasteiger partial charge in [0.2, 0.25) is 0 Å². The van der Waals surface area contributed by atoms with Gasteiger partial charge in [0.25, 0.3) is 0 Å². The Labute approximate surface area is 111 Å². The summed E-state index contributed by atoms with van der Waals surface area (Å²) in [5.41, 5.74) is 2.06. The molecule has 3 heteroatoms. The first kappa shape index (κ1) is 15.2. The van der Waals surface area contributed by atoms with E-state index < -0.39 is 0 Å². The molecule has 1 unspecified atom stereocenters. The number of aliphatic hydroxyl groups excluding tert-OH is 1. The zero-order chi connectivity index (χ0) is 13.4. The van der Waals surface area contributed by atoms with E-state index in [1.807, 2.05) is 13.2 Å². The molecule has 0 aliphatic carbocycles. The zero-order valence-electron chi connectivity index (χ0n) is 12.2. The van der Waals surface area contributed by atoms with Crippen molar-refractivity contribution in [3.63, 3.8) is 0 Å². The number of aryl methyl sites for hydroxylation is 2. The largest absolute Gasteiger partial charge is 0.388 e. The van der Waals surface area contributed by atoms with Crippen LogP contribution in [0.25, 0.3) is 0 Å². The maximum atomic E-state index is 10.2. The molecule has 1 rings (SSSR count). The second-order valence-electron chi connectivity index (χ2n) is 5.13. The molecular formula is C15H28N2O. The van der Waals surface area contributed by atoms with Gasteiger partial charge in [-0.1, -0.05) is 52.4 Å². The van der Waals surface area contributed by atoms with Crippen molar-refractivity contribution in [3.05, 3.63) is 17.5 Å².